The Labute approximate surface area is 119 Å². The van der Waals surface area contributed by atoms with E-state index in [1.165, 1.54) is 13.0 Å². The Morgan fingerprint density at radius 1 is 1.42 bits per heavy atom. The van der Waals surface area contributed by atoms with Crippen LogP contribution in [0.5, 0.6) is 0 Å². The summed E-state index contributed by atoms with van der Waals surface area (Å²) in [6.07, 6.45) is 1.61. The lowest BCUT2D eigenvalue weighted by Crippen LogP contribution is -2.47. The lowest BCUT2D eigenvalue weighted by Gasteiger charge is -2.15. The van der Waals surface area contributed by atoms with Crippen LogP contribution in [0.2, 0.25) is 0 Å². The molecule has 0 aromatic heterocycles. The van der Waals surface area contributed by atoms with Gasteiger partial charge in [-0.3, -0.25) is 4.79 Å². The fourth-order valence-electron chi connectivity index (χ4n) is 1.37. The van der Waals surface area contributed by atoms with Crippen LogP contribution in [0.3, 0.4) is 0 Å². The van der Waals surface area contributed by atoms with Crippen molar-refractivity contribution in [1.29, 1.82) is 0 Å². The van der Waals surface area contributed by atoms with E-state index in [-0.39, 0.29) is 0 Å². The number of nitrogens with one attached hydrogen (secondary N) is 1. The third-order valence-corrected chi connectivity index (χ3v) is 2.82. The summed E-state index contributed by atoms with van der Waals surface area (Å²) in [5, 5.41) is 20.3. The second-order valence-electron chi connectivity index (χ2n) is 3.95. The lowest BCUT2D eigenvalue weighted by atomic mass is 10.2. The van der Waals surface area contributed by atoms with Crippen molar-refractivity contribution in [3.63, 3.8) is 0 Å². The lowest BCUT2D eigenvalue weighted by molar-refractivity contribution is -0.144. The van der Waals surface area contributed by atoms with E-state index in [1.807, 2.05) is 18.2 Å². The molecule has 1 aromatic rings. The fourth-order valence-corrected chi connectivity index (χ4v) is 1.79. The highest BCUT2D eigenvalue weighted by molar-refractivity contribution is 9.10. The molecule has 2 unspecified atom stereocenters. The predicted octanol–water partition coefficient (Wildman–Crippen LogP) is 1.41. The van der Waals surface area contributed by atoms with Gasteiger partial charge in [0.1, 0.15) is 0 Å². The average molecular weight is 328 g/mol. The molecule has 19 heavy (non-hydrogen) atoms. The molecule has 6 heteroatoms. The van der Waals surface area contributed by atoms with Crippen molar-refractivity contribution in [3.8, 4) is 0 Å². The number of hydrogen-bond donors (Lipinski definition) is 3. The van der Waals surface area contributed by atoms with Gasteiger partial charge in [-0.15, -0.1) is 0 Å². The molecule has 102 valence electrons. The highest BCUT2D eigenvalue weighted by atomic mass is 79.9. The second-order valence-corrected chi connectivity index (χ2v) is 4.87. The van der Waals surface area contributed by atoms with Gasteiger partial charge in [0.05, 0.1) is 6.10 Å². The number of carbonyl (C=O) groups is 2. The molecule has 0 aliphatic rings. The van der Waals surface area contributed by atoms with Crippen molar-refractivity contribution in [3.05, 3.63) is 40.4 Å². The molecular weight excluding hydrogens is 314 g/mol. The van der Waals surface area contributed by atoms with E-state index in [1.54, 1.807) is 12.1 Å². The van der Waals surface area contributed by atoms with E-state index in [0.717, 1.165) is 10.0 Å². The zero-order valence-electron chi connectivity index (χ0n) is 10.2. The van der Waals surface area contributed by atoms with Crippen molar-refractivity contribution in [2.75, 3.05) is 0 Å². The Bertz CT molecular complexity index is 499. The quantitative estimate of drug-likeness (QED) is 0.714. The van der Waals surface area contributed by atoms with Gasteiger partial charge in [0.25, 0.3) is 0 Å². The van der Waals surface area contributed by atoms with Crippen LogP contribution in [0.4, 0.5) is 0 Å². The molecule has 0 saturated heterocycles. The Kier molecular flexibility index (Phi) is 5.72. The first-order valence-electron chi connectivity index (χ1n) is 5.55. The minimum absolute atomic E-state index is 0.576. The smallest absolute Gasteiger partial charge is 0.328 e. The Morgan fingerprint density at radius 2 is 2.11 bits per heavy atom. The largest absolute Gasteiger partial charge is 0.480 e. The fraction of sp³-hybridized carbons (Fsp3) is 0.231. The van der Waals surface area contributed by atoms with E-state index >= 15 is 0 Å². The van der Waals surface area contributed by atoms with Gasteiger partial charge in [0.15, 0.2) is 6.04 Å². The number of amides is 1. The summed E-state index contributed by atoms with van der Waals surface area (Å²) in [4.78, 5) is 22.3. The van der Waals surface area contributed by atoms with Crippen molar-refractivity contribution >= 4 is 33.9 Å². The molecule has 3 N–H and O–H groups in total. The normalized spacial score (nSPS) is 14.1. The first-order valence-corrected chi connectivity index (χ1v) is 6.34. The summed E-state index contributed by atoms with van der Waals surface area (Å²) in [5.41, 5.74) is 0.799. The van der Waals surface area contributed by atoms with Crippen molar-refractivity contribution in [2.24, 2.45) is 0 Å². The Balaban J connectivity index is 2.67. The zero-order chi connectivity index (χ0) is 14.4. The van der Waals surface area contributed by atoms with Gasteiger partial charge < -0.3 is 15.5 Å². The van der Waals surface area contributed by atoms with Crippen LogP contribution < -0.4 is 5.32 Å². The first kappa shape index (κ1) is 15.4. The van der Waals surface area contributed by atoms with E-state index < -0.39 is 24.0 Å². The number of aliphatic hydroxyl groups excluding tert-OH is 1. The van der Waals surface area contributed by atoms with Gasteiger partial charge in [-0.2, -0.15) is 0 Å². The summed E-state index contributed by atoms with van der Waals surface area (Å²) in [5.74, 6) is -1.85. The van der Waals surface area contributed by atoms with Crippen LogP contribution in [0, 0.1) is 0 Å². The van der Waals surface area contributed by atoms with Crippen LogP contribution in [0.1, 0.15) is 12.5 Å². The molecule has 1 amide bonds. The minimum atomic E-state index is -1.32. The summed E-state index contributed by atoms with van der Waals surface area (Å²) >= 11 is 3.30. The van der Waals surface area contributed by atoms with Gasteiger partial charge in [-0.05, 0) is 30.7 Å². The molecule has 0 saturated carbocycles. The molecule has 0 aliphatic heterocycles. The van der Waals surface area contributed by atoms with Crippen molar-refractivity contribution in [1.82, 2.24) is 5.32 Å². The number of aliphatic hydroxyl groups is 1. The molecule has 5 nitrogen and oxygen atoms in total. The summed E-state index contributed by atoms with van der Waals surface area (Å²) in [6, 6.07) is 5.97. The molecule has 0 heterocycles. The van der Waals surface area contributed by atoms with E-state index in [4.69, 9.17) is 5.11 Å². The van der Waals surface area contributed by atoms with E-state index in [2.05, 4.69) is 21.2 Å². The van der Waals surface area contributed by atoms with Gasteiger partial charge in [-0.1, -0.05) is 28.1 Å². The van der Waals surface area contributed by atoms with Gasteiger partial charge >= 0.3 is 5.97 Å². The van der Waals surface area contributed by atoms with Crippen molar-refractivity contribution in [2.45, 2.75) is 19.1 Å². The molecule has 0 radical (unpaired) electrons. The highest BCUT2D eigenvalue weighted by Gasteiger charge is 2.23. The molecule has 1 rings (SSSR count). The molecule has 1 aromatic carbocycles. The average Bonchev–Trinajstić information content (AvgIpc) is 2.32. The van der Waals surface area contributed by atoms with Gasteiger partial charge in [0, 0.05) is 10.5 Å². The second kappa shape index (κ2) is 7.06. The number of aliphatic carboxylic acids is 1. The number of rotatable bonds is 5. The zero-order valence-corrected chi connectivity index (χ0v) is 11.8. The monoisotopic (exact) mass is 327 g/mol. The number of halogens is 1. The maximum absolute atomic E-state index is 11.5. The molecule has 0 spiro atoms. The third kappa shape index (κ3) is 5.23. The standard InChI is InChI=1S/C13H14BrNO4/c1-8(16)12(13(18)19)15-11(17)6-5-9-3-2-4-10(14)7-9/h2-8,12,16H,1H3,(H,15,17)(H,18,19)/b6-5+. The topological polar surface area (TPSA) is 86.6 Å². The summed E-state index contributed by atoms with van der Waals surface area (Å²) < 4.78 is 0.877. The number of carbonyl (C=O) groups excluding carboxylic acids is 1. The maximum Gasteiger partial charge on any atom is 0.328 e. The highest BCUT2D eigenvalue weighted by Crippen LogP contribution is 2.12. The molecule has 2 atom stereocenters. The molecule has 0 aliphatic carbocycles. The molecule has 0 bridgehead atoms. The van der Waals surface area contributed by atoms with Crippen molar-refractivity contribution < 1.29 is 19.8 Å². The minimum Gasteiger partial charge on any atom is -0.480 e. The number of carboxylic acids is 1. The van der Waals surface area contributed by atoms with Crippen LogP contribution in [0.25, 0.3) is 6.08 Å². The number of carboxylic acid groups (broad SMARTS) is 1. The summed E-state index contributed by atoms with van der Waals surface area (Å²) in [6.45, 7) is 1.30. The summed E-state index contributed by atoms with van der Waals surface area (Å²) in [7, 11) is 0. The van der Waals surface area contributed by atoms with Crippen LogP contribution >= 0.6 is 15.9 Å². The third-order valence-electron chi connectivity index (χ3n) is 2.32. The number of benzene rings is 1. The molecule has 0 fully saturated rings. The molecular formula is C13H14BrNO4. The van der Waals surface area contributed by atoms with Gasteiger partial charge in [-0.25, -0.2) is 4.79 Å². The van der Waals surface area contributed by atoms with Gasteiger partial charge in [0.2, 0.25) is 5.91 Å². The Morgan fingerprint density at radius 3 is 2.63 bits per heavy atom. The predicted molar refractivity (Wildman–Crippen MR) is 74.4 cm³/mol. The van der Waals surface area contributed by atoms with Crippen LogP contribution in [0.15, 0.2) is 34.8 Å². The van der Waals surface area contributed by atoms with Crippen LogP contribution in [-0.2, 0) is 9.59 Å². The first-order chi connectivity index (χ1) is 8.90. The SMILES string of the molecule is CC(O)C(NC(=O)/C=C/c1cccc(Br)c1)C(=O)O. The Hall–Kier alpha value is -1.66. The maximum atomic E-state index is 11.5. The van der Waals surface area contributed by atoms with E-state index in [0.29, 0.717) is 0 Å². The van der Waals surface area contributed by atoms with E-state index in [9.17, 15) is 14.7 Å². The van der Waals surface area contributed by atoms with Crippen LogP contribution in [-0.4, -0.2) is 34.2 Å². The number of hydrogen-bond acceptors (Lipinski definition) is 3.